The van der Waals surface area contributed by atoms with Gasteiger partial charge >= 0.3 is 0 Å². The van der Waals surface area contributed by atoms with Crippen molar-refractivity contribution in [2.75, 3.05) is 5.32 Å². The summed E-state index contributed by atoms with van der Waals surface area (Å²) < 4.78 is 1.66. The molecule has 0 saturated heterocycles. The van der Waals surface area contributed by atoms with Crippen LogP contribution in [-0.2, 0) is 0 Å². The Balaban J connectivity index is 2.17. The predicted octanol–water partition coefficient (Wildman–Crippen LogP) is 3.10. The summed E-state index contributed by atoms with van der Waals surface area (Å²) in [6.45, 7) is 0. The molecule has 4 nitrogen and oxygen atoms in total. The Bertz CT molecular complexity index is 545. The number of aromatic nitrogens is 2. The molecule has 1 aromatic heterocycles. The zero-order valence-corrected chi connectivity index (χ0v) is 12.3. The van der Waals surface area contributed by atoms with Gasteiger partial charge in [-0.15, -0.1) is 0 Å². The molecule has 0 aliphatic carbocycles. The zero-order valence-electron chi connectivity index (χ0n) is 8.52. The summed E-state index contributed by atoms with van der Waals surface area (Å²) in [5.74, 6) is 0.0789. The Morgan fingerprint density at radius 1 is 1.24 bits per heavy atom. The Labute approximate surface area is 120 Å². The molecule has 86 valence electrons. The van der Waals surface area contributed by atoms with E-state index in [9.17, 15) is 4.79 Å². The Morgan fingerprint density at radius 3 is 2.53 bits per heavy atom. The van der Waals surface area contributed by atoms with E-state index < -0.39 is 0 Å². The minimum atomic E-state index is -0.211. The second kappa shape index (κ2) is 5.54. The molecule has 1 amide bonds. The average molecular weight is 404 g/mol. The van der Waals surface area contributed by atoms with E-state index in [2.05, 4.69) is 53.8 Å². The van der Waals surface area contributed by atoms with Crippen LogP contribution in [0.25, 0.3) is 0 Å². The first kappa shape index (κ1) is 12.4. The highest BCUT2D eigenvalue weighted by Crippen LogP contribution is 2.13. The molecule has 0 unspecified atom stereocenters. The second-order valence-electron chi connectivity index (χ2n) is 3.16. The molecule has 0 bridgehead atoms. The molecule has 0 aliphatic rings. The fraction of sp³-hybridized carbons (Fsp3) is 0. The molecule has 2 aromatic rings. The standard InChI is InChI=1S/C11H7BrIN3O/c12-7-5-14-11(15-6-7)16-10(17)8-3-1-2-4-9(8)13/h1-6H,(H,14,15,16,17). The van der Waals surface area contributed by atoms with E-state index >= 15 is 0 Å². The lowest BCUT2D eigenvalue weighted by Gasteiger charge is -2.04. The number of nitrogens with one attached hydrogen (secondary N) is 1. The summed E-state index contributed by atoms with van der Waals surface area (Å²) >= 11 is 5.34. The second-order valence-corrected chi connectivity index (χ2v) is 5.24. The molecule has 0 saturated carbocycles. The van der Waals surface area contributed by atoms with Gasteiger partial charge in [-0.3, -0.25) is 10.1 Å². The largest absolute Gasteiger partial charge is 0.290 e. The molecule has 1 aromatic carbocycles. The average Bonchev–Trinajstić information content (AvgIpc) is 2.32. The first-order valence-electron chi connectivity index (χ1n) is 4.70. The number of nitrogens with zero attached hydrogens (tertiary/aromatic N) is 2. The molecular weight excluding hydrogens is 397 g/mol. The normalized spacial score (nSPS) is 10.0. The van der Waals surface area contributed by atoms with Gasteiger partial charge in [0.1, 0.15) is 0 Å². The highest BCUT2D eigenvalue weighted by Gasteiger charge is 2.10. The fourth-order valence-electron chi connectivity index (χ4n) is 1.19. The molecular formula is C11H7BrIN3O. The Hall–Kier alpha value is -1.02. The maximum absolute atomic E-state index is 11.9. The third-order valence-corrected chi connectivity index (χ3v) is 3.31. The van der Waals surface area contributed by atoms with Crippen LogP contribution in [0.1, 0.15) is 10.4 Å². The first-order chi connectivity index (χ1) is 8.16. The van der Waals surface area contributed by atoms with Gasteiger partial charge in [0.15, 0.2) is 0 Å². The fourth-order valence-corrected chi connectivity index (χ4v) is 2.03. The summed E-state index contributed by atoms with van der Waals surface area (Å²) in [6, 6.07) is 7.34. The number of halogens is 2. The van der Waals surface area contributed by atoms with Crippen molar-refractivity contribution in [3.8, 4) is 0 Å². The van der Waals surface area contributed by atoms with Gasteiger partial charge < -0.3 is 0 Å². The van der Waals surface area contributed by atoms with E-state index in [0.717, 1.165) is 8.04 Å². The third-order valence-electron chi connectivity index (χ3n) is 1.96. The first-order valence-corrected chi connectivity index (χ1v) is 6.57. The summed E-state index contributed by atoms with van der Waals surface area (Å²) in [6.07, 6.45) is 3.16. The van der Waals surface area contributed by atoms with Gasteiger partial charge in [-0.1, -0.05) is 12.1 Å². The van der Waals surface area contributed by atoms with Crippen molar-refractivity contribution in [3.63, 3.8) is 0 Å². The number of hydrogen-bond acceptors (Lipinski definition) is 3. The third kappa shape index (κ3) is 3.22. The van der Waals surface area contributed by atoms with Crippen molar-refractivity contribution in [3.05, 3.63) is 50.3 Å². The molecule has 1 heterocycles. The molecule has 6 heteroatoms. The summed E-state index contributed by atoms with van der Waals surface area (Å²) in [7, 11) is 0. The van der Waals surface area contributed by atoms with Crippen molar-refractivity contribution in [1.29, 1.82) is 0 Å². The van der Waals surface area contributed by atoms with Crippen LogP contribution >= 0.6 is 38.5 Å². The van der Waals surface area contributed by atoms with Crippen molar-refractivity contribution in [2.45, 2.75) is 0 Å². The zero-order chi connectivity index (χ0) is 12.3. The van der Waals surface area contributed by atoms with Crippen LogP contribution in [0.5, 0.6) is 0 Å². The number of rotatable bonds is 2. The Kier molecular flexibility index (Phi) is 4.06. The monoisotopic (exact) mass is 403 g/mol. The van der Waals surface area contributed by atoms with Crippen LogP contribution in [0.3, 0.4) is 0 Å². The van der Waals surface area contributed by atoms with E-state index in [1.807, 2.05) is 18.2 Å². The number of hydrogen-bond donors (Lipinski definition) is 1. The van der Waals surface area contributed by atoms with Gasteiger partial charge in [-0.25, -0.2) is 9.97 Å². The van der Waals surface area contributed by atoms with Crippen molar-refractivity contribution < 1.29 is 4.79 Å². The summed E-state index contributed by atoms with van der Waals surface area (Å²) in [5.41, 5.74) is 0.611. The molecule has 0 atom stereocenters. The van der Waals surface area contributed by atoms with Crippen LogP contribution in [0.15, 0.2) is 41.1 Å². The lowest BCUT2D eigenvalue weighted by atomic mass is 10.2. The molecule has 17 heavy (non-hydrogen) atoms. The maximum atomic E-state index is 11.9. The molecule has 0 spiro atoms. The van der Waals surface area contributed by atoms with Gasteiger partial charge in [-0.2, -0.15) is 0 Å². The van der Waals surface area contributed by atoms with Crippen LogP contribution < -0.4 is 5.32 Å². The molecule has 2 rings (SSSR count). The van der Waals surface area contributed by atoms with Gasteiger partial charge in [0.05, 0.1) is 10.0 Å². The number of carbonyl (C=O) groups excluding carboxylic acids is 1. The van der Waals surface area contributed by atoms with E-state index in [-0.39, 0.29) is 11.9 Å². The number of carbonyl (C=O) groups is 1. The van der Waals surface area contributed by atoms with E-state index in [0.29, 0.717) is 5.56 Å². The van der Waals surface area contributed by atoms with Crippen molar-refractivity contribution >= 4 is 50.4 Å². The number of amides is 1. The van der Waals surface area contributed by atoms with Crippen LogP contribution in [0, 0.1) is 3.57 Å². The summed E-state index contributed by atoms with van der Waals surface area (Å²) in [5, 5.41) is 2.64. The van der Waals surface area contributed by atoms with E-state index in [1.54, 1.807) is 18.5 Å². The van der Waals surface area contributed by atoms with Crippen LogP contribution in [0.4, 0.5) is 5.95 Å². The SMILES string of the molecule is O=C(Nc1ncc(Br)cn1)c1ccccc1I. The highest BCUT2D eigenvalue weighted by atomic mass is 127. The van der Waals surface area contributed by atoms with Gasteiger partial charge in [-0.05, 0) is 50.7 Å². The lowest BCUT2D eigenvalue weighted by molar-refractivity contribution is 0.102. The van der Waals surface area contributed by atoms with Crippen LogP contribution in [-0.4, -0.2) is 15.9 Å². The van der Waals surface area contributed by atoms with Crippen LogP contribution in [0.2, 0.25) is 0 Å². The lowest BCUT2D eigenvalue weighted by Crippen LogP contribution is -2.15. The van der Waals surface area contributed by atoms with E-state index in [1.165, 1.54) is 0 Å². The minimum Gasteiger partial charge on any atom is -0.290 e. The molecule has 0 fully saturated rings. The highest BCUT2D eigenvalue weighted by molar-refractivity contribution is 14.1. The smallest absolute Gasteiger partial charge is 0.259 e. The maximum Gasteiger partial charge on any atom is 0.259 e. The number of anilines is 1. The quantitative estimate of drug-likeness (QED) is 0.784. The van der Waals surface area contributed by atoms with Gasteiger partial charge in [0.25, 0.3) is 5.91 Å². The molecule has 1 N–H and O–H groups in total. The topological polar surface area (TPSA) is 54.9 Å². The molecule has 0 aliphatic heterocycles. The van der Waals surface area contributed by atoms with Gasteiger partial charge in [0, 0.05) is 16.0 Å². The van der Waals surface area contributed by atoms with Gasteiger partial charge in [0.2, 0.25) is 5.95 Å². The Morgan fingerprint density at radius 2 is 1.88 bits per heavy atom. The molecule has 0 radical (unpaired) electrons. The van der Waals surface area contributed by atoms with Crippen molar-refractivity contribution in [2.24, 2.45) is 0 Å². The minimum absolute atomic E-state index is 0.211. The van der Waals surface area contributed by atoms with Crippen molar-refractivity contribution in [1.82, 2.24) is 9.97 Å². The summed E-state index contributed by atoms with van der Waals surface area (Å²) in [4.78, 5) is 19.9. The van der Waals surface area contributed by atoms with E-state index in [4.69, 9.17) is 0 Å². The predicted molar refractivity (Wildman–Crippen MR) is 76.8 cm³/mol. The number of benzene rings is 1.